The Kier molecular flexibility index (Phi) is 4.71. The number of ether oxygens (including phenoxy) is 2. The van der Waals surface area contributed by atoms with Gasteiger partial charge in [0.05, 0.1) is 25.0 Å². The molecule has 3 rings (SSSR count). The third kappa shape index (κ3) is 4.53. The normalized spacial score (nSPS) is 16.5. The van der Waals surface area contributed by atoms with Crippen molar-refractivity contribution in [2.45, 2.75) is 52.3 Å². The summed E-state index contributed by atoms with van der Waals surface area (Å²) in [7, 11) is 0. The van der Waals surface area contributed by atoms with Crippen molar-refractivity contribution in [2.24, 2.45) is 5.92 Å². The van der Waals surface area contributed by atoms with Gasteiger partial charge >= 0.3 is 12.1 Å². The van der Waals surface area contributed by atoms with Crippen LogP contribution in [0.15, 0.2) is 6.20 Å². The lowest BCUT2D eigenvalue weighted by molar-refractivity contribution is 0.0190. The molecule has 7 heteroatoms. The van der Waals surface area contributed by atoms with Gasteiger partial charge in [0.1, 0.15) is 11.2 Å². The Bertz CT molecular complexity index is 732. The lowest BCUT2D eigenvalue weighted by Crippen LogP contribution is -2.42. The summed E-state index contributed by atoms with van der Waals surface area (Å²) in [6, 6.07) is 0. The number of fused-ring (bicyclic) bond motifs is 1. The highest BCUT2D eigenvalue weighted by Crippen LogP contribution is 2.27. The number of aromatic nitrogens is 2. The summed E-state index contributed by atoms with van der Waals surface area (Å²) in [6.07, 6.45) is 3.37. The Morgan fingerprint density at radius 3 is 2.76 bits per heavy atom. The summed E-state index contributed by atoms with van der Waals surface area (Å²) >= 11 is 0. The molecule has 0 N–H and O–H groups in total. The number of hydrogen-bond donors (Lipinski definition) is 0. The van der Waals surface area contributed by atoms with Crippen LogP contribution in [-0.2, 0) is 22.6 Å². The number of carbonyl (C=O) groups is 2. The average molecular weight is 345 g/mol. The van der Waals surface area contributed by atoms with E-state index in [1.807, 2.05) is 20.8 Å². The molecule has 25 heavy (non-hydrogen) atoms. The first kappa shape index (κ1) is 17.3. The third-order valence-corrected chi connectivity index (χ3v) is 3.90. The van der Waals surface area contributed by atoms with Gasteiger partial charge in [-0.05, 0) is 33.6 Å². The first-order valence-electron chi connectivity index (χ1n) is 8.51. The maximum atomic E-state index is 12.3. The predicted octanol–water partition coefficient (Wildman–Crippen LogP) is 2.20. The van der Waals surface area contributed by atoms with Crippen LogP contribution in [0.2, 0.25) is 0 Å². The molecule has 1 saturated carbocycles. The largest absolute Gasteiger partial charge is 0.449 e. The van der Waals surface area contributed by atoms with Crippen LogP contribution >= 0.6 is 0 Å². The molecule has 2 aliphatic rings. The van der Waals surface area contributed by atoms with Crippen molar-refractivity contribution < 1.29 is 19.1 Å². The van der Waals surface area contributed by atoms with Crippen molar-refractivity contribution in [1.82, 2.24) is 14.7 Å². The lowest BCUT2D eigenvalue weighted by Gasteiger charge is -2.30. The highest BCUT2D eigenvalue weighted by Gasteiger charge is 2.29. The minimum Gasteiger partial charge on any atom is -0.449 e. The molecule has 0 bridgehead atoms. The van der Waals surface area contributed by atoms with Crippen molar-refractivity contribution in [2.75, 3.05) is 13.2 Å². The Morgan fingerprint density at radius 2 is 2.08 bits per heavy atom. The lowest BCUT2D eigenvalue weighted by atomic mass is 10.2. The number of nitrogens with zero attached hydrogens (tertiary/aromatic N) is 3. The second-order valence-corrected chi connectivity index (χ2v) is 7.30. The molecule has 134 valence electrons. The van der Waals surface area contributed by atoms with E-state index in [2.05, 4.69) is 16.9 Å². The Morgan fingerprint density at radius 1 is 1.32 bits per heavy atom. The van der Waals surface area contributed by atoms with Crippen LogP contribution in [0, 0.1) is 17.8 Å². The molecule has 0 aromatic carbocycles. The fourth-order valence-electron chi connectivity index (χ4n) is 2.49. The van der Waals surface area contributed by atoms with Gasteiger partial charge in [0.15, 0.2) is 6.61 Å². The molecule has 1 fully saturated rings. The number of hydrogen-bond acceptors (Lipinski definition) is 5. The maximum absolute atomic E-state index is 12.3. The van der Waals surface area contributed by atoms with Crippen molar-refractivity contribution in [3.05, 3.63) is 17.5 Å². The van der Waals surface area contributed by atoms with E-state index in [1.165, 1.54) is 6.20 Å². The molecule has 0 saturated heterocycles. The zero-order valence-corrected chi connectivity index (χ0v) is 14.9. The van der Waals surface area contributed by atoms with Crippen LogP contribution in [0.4, 0.5) is 4.79 Å². The molecule has 1 amide bonds. The molecule has 1 aliphatic carbocycles. The molecule has 1 aromatic heterocycles. The minimum atomic E-state index is -0.559. The van der Waals surface area contributed by atoms with E-state index in [0.29, 0.717) is 30.3 Å². The maximum Gasteiger partial charge on any atom is 0.410 e. The summed E-state index contributed by atoms with van der Waals surface area (Å²) < 4.78 is 12.3. The standard InChI is InChI=1S/C18H23N3O4/c1-18(2,3)25-17(23)20-8-9-21-15(12-20)14(11-19-21)16(22)24-10-4-5-13-6-7-13/h11,13H,6-10,12H2,1-3H3. The van der Waals surface area contributed by atoms with E-state index in [9.17, 15) is 9.59 Å². The Hall–Kier alpha value is -2.49. The van der Waals surface area contributed by atoms with Gasteiger partial charge in [-0.15, -0.1) is 0 Å². The van der Waals surface area contributed by atoms with Gasteiger partial charge in [-0.1, -0.05) is 11.8 Å². The van der Waals surface area contributed by atoms with Gasteiger partial charge in [0.2, 0.25) is 0 Å². The van der Waals surface area contributed by atoms with E-state index < -0.39 is 17.7 Å². The summed E-state index contributed by atoms with van der Waals surface area (Å²) in [5.74, 6) is 5.93. The molecule has 0 spiro atoms. The van der Waals surface area contributed by atoms with Gasteiger partial charge in [0.25, 0.3) is 0 Å². The van der Waals surface area contributed by atoms with Crippen LogP contribution in [0.25, 0.3) is 0 Å². The van der Waals surface area contributed by atoms with E-state index in [4.69, 9.17) is 9.47 Å². The second-order valence-electron chi connectivity index (χ2n) is 7.30. The van der Waals surface area contributed by atoms with E-state index in [-0.39, 0.29) is 13.2 Å². The average Bonchev–Trinajstić information content (AvgIpc) is 3.26. The van der Waals surface area contributed by atoms with Gasteiger partial charge in [-0.3, -0.25) is 4.68 Å². The fraction of sp³-hybridized carbons (Fsp3) is 0.611. The zero-order chi connectivity index (χ0) is 18.0. The highest BCUT2D eigenvalue weighted by molar-refractivity contribution is 5.90. The van der Waals surface area contributed by atoms with Gasteiger partial charge in [-0.2, -0.15) is 5.10 Å². The molecule has 7 nitrogen and oxygen atoms in total. The SMILES string of the molecule is CC(C)(C)OC(=O)N1CCn2ncc(C(=O)OCC#CC3CC3)c2C1. The van der Waals surface area contributed by atoms with Crippen LogP contribution in [0.3, 0.4) is 0 Å². The monoisotopic (exact) mass is 345 g/mol. The second kappa shape index (κ2) is 6.79. The fourth-order valence-corrected chi connectivity index (χ4v) is 2.49. The molecule has 0 radical (unpaired) electrons. The Balaban J connectivity index is 1.63. The third-order valence-electron chi connectivity index (χ3n) is 3.90. The topological polar surface area (TPSA) is 73.7 Å². The van der Waals surface area contributed by atoms with Crippen molar-refractivity contribution in [1.29, 1.82) is 0 Å². The molecule has 0 unspecified atom stereocenters. The summed E-state index contributed by atoms with van der Waals surface area (Å²) in [5.41, 5.74) is 0.482. The van der Waals surface area contributed by atoms with Crippen LogP contribution < -0.4 is 0 Å². The zero-order valence-electron chi connectivity index (χ0n) is 14.9. The van der Waals surface area contributed by atoms with Crippen LogP contribution in [0.1, 0.15) is 49.7 Å². The first-order chi connectivity index (χ1) is 11.8. The van der Waals surface area contributed by atoms with Crippen LogP contribution in [0.5, 0.6) is 0 Å². The molecular formula is C18H23N3O4. The quantitative estimate of drug-likeness (QED) is 0.607. The van der Waals surface area contributed by atoms with Crippen LogP contribution in [-0.4, -0.2) is 45.5 Å². The number of esters is 1. The van der Waals surface area contributed by atoms with Gasteiger partial charge < -0.3 is 14.4 Å². The minimum absolute atomic E-state index is 0.0791. The van der Waals surface area contributed by atoms with Crippen molar-refractivity contribution >= 4 is 12.1 Å². The smallest absolute Gasteiger partial charge is 0.410 e. The van der Waals surface area contributed by atoms with Crippen molar-refractivity contribution in [3.63, 3.8) is 0 Å². The molecule has 2 heterocycles. The molecule has 0 atom stereocenters. The summed E-state index contributed by atoms with van der Waals surface area (Å²) in [6.45, 7) is 6.83. The van der Waals surface area contributed by atoms with Crippen molar-refractivity contribution in [3.8, 4) is 11.8 Å². The first-order valence-corrected chi connectivity index (χ1v) is 8.51. The van der Waals surface area contributed by atoms with Gasteiger partial charge in [-0.25, -0.2) is 9.59 Å². The molecular weight excluding hydrogens is 322 g/mol. The number of rotatable bonds is 2. The molecule has 1 aromatic rings. The van der Waals surface area contributed by atoms with E-state index >= 15 is 0 Å². The van der Waals surface area contributed by atoms with E-state index in [1.54, 1.807) is 9.58 Å². The number of carbonyl (C=O) groups excluding carboxylic acids is 2. The van der Waals surface area contributed by atoms with E-state index in [0.717, 1.165) is 12.8 Å². The summed E-state index contributed by atoms with van der Waals surface area (Å²) in [4.78, 5) is 26.1. The summed E-state index contributed by atoms with van der Waals surface area (Å²) in [5, 5.41) is 4.21. The Labute approximate surface area is 147 Å². The molecule has 1 aliphatic heterocycles. The number of amides is 1. The predicted molar refractivity (Wildman–Crippen MR) is 89.7 cm³/mol. The highest BCUT2D eigenvalue weighted by atomic mass is 16.6. The van der Waals surface area contributed by atoms with Gasteiger partial charge in [0, 0.05) is 12.5 Å².